The third-order valence-corrected chi connectivity index (χ3v) is 5.92. The third-order valence-electron chi connectivity index (χ3n) is 5.92. The van der Waals surface area contributed by atoms with E-state index in [1.807, 2.05) is 36.4 Å². The summed E-state index contributed by atoms with van der Waals surface area (Å²) < 4.78 is 16.1. The second-order valence-corrected chi connectivity index (χ2v) is 7.98. The van der Waals surface area contributed by atoms with Crippen molar-refractivity contribution >= 4 is 33.9 Å². The molecule has 168 valence electrons. The Morgan fingerprint density at radius 2 is 1.79 bits per heavy atom. The molecular weight excluding hydrogens is 418 g/mol. The Bertz CT molecular complexity index is 1320. The summed E-state index contributed by atoms with van der Waals surface area (Å²) in [7, 11) is 3.25. The SMILES string of the molecule is COc1ccc(Nc2c3c(nc4ccc(NC(=O)c5ccco5)cc24)CCCC3)cc1OC. The summed E-state index contributed by atoms with van der Waals surface area (Å²) >= 11 is 0. The van der Waals surface area contributed by atoms with Crippen LogP contribution in [0.15, 0.2) is 59.2 Å². The summed E-state index contributed by atoms with van der Waals surface area (Å²) in [6.45, 7) is 0. The Hall–Kier alpha value is -4.00. The number of aryl methyl sites for hydroxylation is 1. The summed E-state index contributed by atoms with van der Waals surface area (Å²) in [5.41, 5.74) is 5.81. The molecule has 0 saturated carbocycles. The van der Waals surface area contributed by atoms with Crippen LogP contribution in [0.4, 0.5) is 17.1 Å². The highest BCUT2D eigenvalue weighted by Crippen LogP contribution is 2.38. The molecule has 0 fully saturated rings. The maximum atomic E-state index is 12.5. The molecule has 0 unspecified atom stereocenters. The van der Waals surface area contributed by atoms with E-state index >= 15 is 0 Å². The Morgan fingerprint density at radius 1 is 0.970 bits per heavy atom. The third kappa shape index (κ3) is 4.09. The molecule has 33 heavy (non-hydrogen) atoms. The number of hydrogen-bond acceptors (Lipinski definition) is 6. The Balaban J connectivity index is 1.58. The van der Waals surface area contributed by atoms with Crippen LogP contribution in [0.2, 0.25) is 0 Å². The lowest BCUT2D eigenvalue weighted by Gasteiger charge is -2.22. The number of methoxy groups -OCH3 is 2. The van der Waals surface area contributed by atoms with Crippen LogP contribution in [0.3, 0.4) is 0 Å². The standard InChI is InChI=1S/C26H25N3O4/c1-31-22-12-10-17(15-24(22)32-2)27-25-18-6-3-4-7-20(18)29-21-11-9-16(14-19(21)25)28-26(30)23-8-5-13-33-23/h5,8-15H,3-4,6-7H2,1-2H3,(H,27,29)(H,28,30). The van der Waals surface area contributed by atoms with E-state index in [1.165, 1.54) is 11.8 Å². The van der Waals surface area contributed by atoms with Crippen LogP contribution in [-0.2, 0) is 12.8 Å². The zero-order valence-electron chi connectivity index (χ0n) is 18.6. The lowest BCUT2D eigenvalue weighted by molar-refractivity contribution is 0.0996. The summed E-state index contributed by atoms with van der Waals surface area (Å²) in [4.78, 5) is 17.4. The quantitative estimate of drug-likeness (QED) is 0.396. The minimum atomic E-state index is -0.292. The fourth-order valence-corrected chi connectivity index (χ4v) is 4.30. The monoisotopic (exact) mass is 443 g/mol. The van der Waals surface area contributed by atoms with Gasteiger partial charge in [-0.15, -0.1) is 0 Å². The van der Waals surface area contributed by atoms with Crippen LogP contribution in [0, 0.1) is 0 Å². The number of rotatable bonds is 6. The number of anilines is 3. The summed E-state index contributed by atoms with van der Waals surface area (Å²) in [6.07, 6.45) is 5.66. The van der Waals surface area contributed by atoms with Crippen molar-refractivity contribution in [3.8, 4) is 11.5 Å². The maximum absolute atomic E-state index is 12.5. The summed E-state index contributed by atoms with van der Waals surface area (Å²) in [6, 6.07) is 14.9. The molecule has 7 heteroatoms. The van der Waals surface area contributed by atoms with Gasteiger partial charge in [0.25, 0.3) is 5.91 Å². The van der Waals surface area contributed by atoms with E-state index in [4.69, 9.17) is 18.9 Å². The average molecular weight is 444 g/mol. The highest BCUT2D eigenvalue weighted by atomic mass is 16.5. The van der Waals surface area contributed by atoms with E-state index < -0.39 is 0 Å². The molecule has 7 nitrogen and oxygen atoms in total. The number of carbonyl (C=O) groups is 1. The van der Waals surface area contributed by atoms with E-state index in [2.05, 4.69) is 10.6 Å². The van der Waals surface area contributed by atoms with Gasteiger partial charge in [0.05, 0.1) is 31.7 Å². The molecule has 2 N–H and O–H groups in total. The molecule has 2 aromatic carbocycles. The van der Waals surface area contributed by atoms with Gasteiger partial charge in [-0.3, -0.25) is 9.78 Å². The number of nitrogens with one attached hydrogen (secondary N) is 2. The van der Waals surface area contributed by atoms with E-state index in [9.17, 15) is 4.79 Å². The molecule has 4 aromatic rings. The summed E-state index contributed by atoms with van der Waals surface area (Å²) in [5, 5.41) is 7.47. The van der Waals surface area contributed by atoms with Gasteiger partial charge in [0, 0.05) is 28.5 Å². The van der Waals surface area contributed by atoms with Crippen molar-refractivity contribution < 1.29 is 18.7 Å². The Kier molecular flexibility index (Phi) is 5.60. The number of pyridine rings is 1. The highest BCUT2D eigenvalue weighted by Gasteiger charge is 2.20. The van der Waals surface area contributed by atoms with Gasteiger partial charge in [-0.1, -0.05) is 0 Å². The number of carbonyl (C=O) groups excluding carboxylic acids is 1. The molecule has 0 radical (unpaired) electrons. The van der Waals surface area contributed by atoms with Crippen molar-refractivity contribution in [3.05, 3.63) is 71.8 Å². The fraction of sp³-hybridized carbons (Fsp3) is 0.231. The molecule has 1 amide bonds. The first-order valence-electron chi connectivity index (χ1n) is 11.0. The second kappa shape index (κ2) is 8.86. The van der Waals surface area contributed by atoms with E-state index in [1.54, 1.807) is 26.4 Å². The first kappa shape index (κ1) is 20.9. The van der Waals surface area contributed by atoms with Crippen molar-refractivity contribution in [2.24, 2.45) is 0 Å². The number of furan rings is 1. The van der Waals surface area contributed by atoms with Crippen LogP contribution in [-0.4, -0.2) is 25.1 Å². The average Bonchev–Trinajstić information content (AvgIpc) is 3.39. The molecule has 2 aromatic heterocycles. The molecule has 1 aliphatic rings. The van der Waals surface area contributed by atoms with Gasteiger partial charge >= 0.3 is 0 Å². The molecule has 1 aliphatic carbocycles. The van der Waals surface area contributed by atoms with Gasteiger partial charge in [0.2, 0.25) is 0 Å². The van der Waals surface area contributed by atoms with Crippen LogP contribution < -0.4 is 20.1 Å². The van der Waals surface area contributed by atoms with Crippen molar-refractivity contribution in [1.82, 2.24) is 4.98 Å². The molecule has 0 aliphatic heterocycles. The van der Waals surface area contributed by atoms with Crippen molar-refractivity contribution in [2.45, 2.75) is 25.7 Å². The number of benzene rings is 2. The topological polar surface area (TPSA) is 85.6 Å². The minimum Gasteiger partial charge on any atom is -0.493 e. The lowest BCUT2D eigenvalue weighted by atomic mass is 9.92. The zero-order valence-corrected chi connectivity index (χ0v) is 18.6. The molecule has 0 spiro atoms. The van der Waals surface area contributed by atoms with Gasteiger partial charge in [-0.2, -0.15) is 0 Å². The van der Waals surface area contributed by atoms with Crippen molar-refractivity contribution in [1.29, 1.82) is 0 Å². The first-order valence-corrected chi connectivity index (χ1v) is 11.0. The number of hydrogen-bond donors (Lipinski definition) is 2. The predicted octanol–water partition coefficient (Wildman–Crippen LogP) is 5.72. The number of nitrogens with zero attached hydrogens (tertiary/aromatic N) is 1. The predicted molar refractivity (Wildman–Crippen MR) is 128 cm³/mol. The summed E-state index contributed by atoms with van der Waals surface area (Å²) in [5.74, 6) is 1.30. The molecule has 0 saturated heterocycles. The molecular formula is C26H25N3O4. The maximum Gasteiger partial charge on any atom is 0.291 e. The number of aromatic nitrogens is 1. The van der Waals surface area contributed by atoms with Gasteiger partial charge in [-0.25, -0.2) is 0 Å². The first-order chi connectivity index (χ1) is 16.2. The minimum absolute atomic E-state index is 0.266. The number of amides is 1. The van der Waals surface area contributed by atoms with Gasteiger partial charge in [-0.05, 0) is 73.7 Å². The second-order valence-electron chi connectivity index (χ2n) is 7.98. The molecule has 2 heterocycles. The molecule has 5 rings (SSSR count). The van der Waals surface area contributed by atoms with Crippen LogP contribution in [0.1, 0.15) is 34.7 Å². The Morgan fingerprint density at radius 3 is 2.58 bits per heavy atom. The zero-order chi connectivity index (χ0) is 22.8. The van der Waals surface area contributed by atoms with Crippen LogP contribution in [0.25, 0.3) is 10.9 Å². The molecule has 0 atom stereocenters. The van der Waals surface area contributed by atoms with Gasteiger partial charge in [0.1, 0.15) is 0 Å². The normalized spacial score (nSPS) is 12.8. The van der Waals surface area contributed by atoms with E-state index in [0.717, 1.165) is 53.7 Å². The van der Waals surface area contributed by atoms with Gasteiger partial charge in [0.15, 0.2) is 17.3 Å². The van der Waals surface area contributed by atoms with Crippen molar-refractivity contribution in [3.63, 3.8) is 0 Å². The lowest BCUT2D eigenvalue weighted by Crippen LogP contribution is -2.12. The van der Waals surface area contributed by atoms with Crippen LogP contribution in [0.5, 0.6) is 11.5 Å². The molecule has 0 bridgehead atoms. The number of ether oxygens (including phenoxy) is 2. The van der Waals surface area contributed by atoms with E-state index in [0.29, 0.717) is 17.2 Å². The fourth-order valence-electron chi connectivity index (χ4n) is 4.30. The number of fused-ring (bicyclic) bond motifs is 2. The van der Waals surface area contributed by atoms with Gasteiger partial charge < -0.3 is 24.5 Å². The van der Waals surface area contributed by atoms with Crippen LogP contribution >= 0.6 is 0 Å². The Labute approximate surface area is 191 Å². The highest BCUT2D eigenvalue weighted by molar-refractivity contribution is 6.04. The van der Waals surface area contributed by atoms with E-state index in [-0.39, 0.29) is 11.7 Å². The smallest absolute Gasteiger partial charge is 0.291 e. The van der Waals surface area contributed by atoms with Crippen molar-refractivity contribution in [2.75, 3.05) is 24.9 Å². The largest absolute Gasteiger partial charge is 0.493 e.